The first-order chi connectivity index (χ1) is 13.3. The molecule has 4 rings (SSSR count). The Morgan fingerprint density at radius 2 is 1.67 bits per heavy atom. The van der Waals surface area contributed by atoms with Crippen LogP contribution in [0.5, 0.6) is 11.6 Å². The fourth-order valence-electron chi connectivity index (χ4n) is 3.01. The van der Waals surface area contributed by atoms with E-state index in [1.807, 2.05) is 66.7 Å². The average Bonchev–Trinajstić information content (AvgIpc) is 3.11. The highest BCUT2D eigenvalue weighted by Crippen LogP contribution is 2.30. The molecule has 0 atom stereocenters. The molecule has 2 aromatic heterocycles. The van der Waals surface area contributed by atoms with Crippen LogP contribution in [0.15, 0.2) is 66.7 Å². The predicted molar refractivity (Wildman–Crippen MR) is 105 cm³/mol. The molecule has 0 saturated carbocycles. The van der Waals surface area contributed by atoms with Crippen molar-refractivity contribution in [2.24, 2.45) is 0 Å². The monoisotopic (exact) mass is 360 g/mol. The second kappa shape index (κ2) is 7.37. The SMILES string of the molecule is COc1ccccc1CNc1ccc2nc(-c3ccccc3)c(OC)n2n1. The highest BCUT2D eigenvalue weighted by atomic mass is 16.5. The van der Waals surface area contributed by atoms with Crippen molar-refractivity contribution in [2.75, 3.05) is 19.5 Å². The van der Waals surface area contributed by atoms with Gasteiger partial charge < -0.3 is 14.8 Å². The molecule has 0 fully saturated rings. The Morgan fingerprint density at radius 3 is 2.44 bits per heavy atom. The number of imidazole rings is 1. The Bertz CT molecular complexity index is 1060. The van der Waals surface area contributed by atoms with Crippen molar-refractivity contribution in [1.29, 1.82) is 0 Å². The van der Waals surface area contributed by atoms with Crippen molar-refractivity contribution in [3.8, 4) is 22.9 Å². The van der Waals surface area contributed by atoms with E-state index in [4.69, 9.17) is 9.47 Å². The fourth-order valence-corrected chi connectivity index (χ4v) is 3.01. The molecule has 0 unspecified atom stereocenters. The van der Waals surface area contributed by atoms with Crippen molar-refractivity contribution >= 4 is 11.5 Å². The van der Waals surface area contributed by atoms with E-state index >= 15 is 0 Å². The van der Waals surface area contributed by atoms with Gasteiger partial charge in [-0.3, -0.25) is 0 Å². The standard InChI is InChI=1S/C21H20N4O2/c1-26-17-11-7-6-10-16(17)14-22-18-12-13-19-23-20(15-8-4-3-5-9-15)21(27-2)25(19)24-18/h3-13H,14H2,1-2H3,(H,22,24). The second-order valence-electron chi connectivity index (χ2n) is 5.99. The number of fused-ring (bicyclic) bond motifs is 1. The number of anilines is 1. The van der Waals surface area contributed by atoms with E-state index in [9.17, 15) is 0 Å². The summed E-state index contributed by atoms with van der Waals surface area (Å²) in [6.07, 6.45) is 0. The maximum atomic E-state index is 5.60. The van der Waals surface area contributed by atoms with E-state index in [2.05, 4.69) is 15.4 Å². The third-order valence-corrected chi connectivity index (χ3v) is 4.33. The molecule has 1 N–H and O–H groups in total. The molecule has 0 spiro atoms. The van der Waals surface area contributed by atoms with Crippen LogP contribution in [-0.4, -0.2) is 28.8 Å². The first-order valence-electron chi connectivity index (χ1n) is 8.65. The summed E-state index contributed by atoms with van der Waals surface area (Å²) in [5.41, 5.74) is 3.55. The lowest BCUT2D eigenvalue weighted by atomic mass is 10.2. The Hall–Kier alpha value is -3.54. The Morgan fingerprint density at radius 1 is 0.889 bits per heavy atom. The molecule has 136 valence electrons. The van der Waals surface area contributed by atoms with Gasteiger partial charge in [0.05, 0.1) is 14.2 Å². The van der Waals surface area contributed by atoms with Crippen LogP contribution in [-0.2, 0) is 6.54 Å². The van der Waals surface area contributed by atoms with Crippen LogP contribution < -0.4 is 14.8 Å². The largest absolute Gasteiger partial charge is 0.496 e. The lowest BCUT2D eigenvalue weighted by molar-refractivity contribution is 0.389. The van der Waals surface area contributed by atoms with Crippen molar-refractivity contribution < 1.29 is 9.47 Å². The summed E-state index contributed by atoms with van der Waals surface area (Å²) in [6.45, 7) is 0.602. The zero-order valence-electron chi connectivity index (χ0n) is 15.2. The molecule has 6 heteroatoms. The number of nitrogens with one attached hydrogen (secondary N) is 1. The molecule has 0 aliphatic carbocycles. The molecular formula is C21H20N4O2. The van der Waals surface area contributed by atoms with E-state index in [0.717, 1.165) is 34.0 Å². The summed E-state index contributed by atoms with van der Waals surface area (Å²) in [7, 11) is 3.30. The van der Waals surface area contributed by atoms with E-state index < -0.39 is 0 Å². The van der Waals surface area contributed by atoms with Gasteiger partial charge >= 0.3 is 0 Å². The number of aromatic nitrogens is 3. The number of nitrogens with zero attached hydrogens (tertiary/aromatic N) is 3. The summed E-state index contributed by atoms with van der Waals surface area (Å²) >= 11 is 0. The summed E-state index contributed by atoms with van der Waals surface area (Å²) < 4.78 is 12.7. The maximum Gasteiger partial charge on any atom is 0.243 e. The molecule has 0 saturated heterocycles. The van der Waals surface area contributed by atoms with Crippen LogP contribution in [0, 0.1) is 0 Å². The number of hydrogen-bond donors (Lipinski definition) is 1. The molecule has 0 aliphatic rings. The van der Waals surface area contributed by atoms with E-state index in [0.29, 0.717) is 12.4 Å². The highest BCUT2D eigenvalue weighted by molar-refractivity contribution is 5.69. The minimum atomic E-state index is 0.602. The third-order valence-electron chi connectivity index (χ3n) is 4.33. The first kappa shape index (κ1) is 16.9. The Balaban J connectivity index is 1.66. The summed E-state index contributed by atoms with van der Waals surface area (Å²) in [6, 6.07) is 21.7. The zero-order valence-corrected chi connectivity index (χ0v) is 15.2. The topological polar surface area (TPSA) is 60.7 Å². The number of methoxy groups -OCH3 is 2. The molecule has 27 heavy (non-hydrogen) atoms. The number of ether oxygens (including phenoxy) is 2. The van der Waals surface area contributed by atoms with Crippen LogP contribution in [0.1, 0.15) is 5.56 Å². The van der Waals surface area contributed by atoms with Crippen LogP contribution in [0.4, 0.5) is 5.82 Å². The normalized spacial score (nSPS) is 10.7. The smallest absolute Gasteiger partial charge is 0.243 e. The van der Waals surface area contributed by atoms with Gasteiger partial charge in [0.2, 0.25) is 5.88 Å². The van der Waals surface area contributed by atoms with Crippen LogP contribution in [0.25, 0.3) is 16.9 Å². The lowest BCUT2D eigenvalue weighted by Gasteiger charge is -2.10. The number of benzene rings is 2. The molecule has 4 aromatic rings. The lowest BCUT2D eigenvalue weighted by Crippen LogP contribution is -2.05. The van der Waals surface area contributed by atoms with Gasteiger partial charge in [0.25, 0.3) is 0 Å². The van der Waals surface area contributed by atoms with Crippen LogP contribution >= 0.6 is 0 Å². The zero-order chi connectivity index (χ0) is 18.6. The predicted octanol–water partition coefficient (Wildman–Crippen LogP) is 4.03. The van der Waals surface area contributed by atoms with E-state index in [1.54, 1.807) is 18.7 Å². The van der Waals surface area contributed by atoms with Crippen LogP contribution in [0.3, 0.4) is 0 Å². The van der Waals surface area contributed by atoms with Crippen molar-refractivity contribution in [3.63, 3.8) is 0 Å². The van der Waals surface area contributed by atoms with Crippen molar-refractivity contribution in [3.05, 3.63) is 72.3 Å². The molecule has 0 radical (unpaired) electrons. The van der Waals surface area contributed by atoms with Crippen molar-refractivity contribution in [2.45, 2.75) is 6.54 Å². The average molecular weight is 360 g/mol. The van der Waals surface area contributed by atoms with Gasteiger partial charge in [0, 0.05) is 17.7 Å². The van der Waals surface area contributed by atoms with Gasteiger partial charge in [-0.05, 0) is 18.2 Å². The number of hydrogen-bond acceptors (Lipinski definition) is 5. The Kier molecular flexibility index (Phi) is 4.61. The molecule has 0 amide bonds. The molecular weight excluding hydrogens is 340 g/mol. The maximum absolute atomic E-state index is 5.60. The summed E-state index contributed by atoms with van der Waals surface area (Å²) in [5, 5.41) is 7.97. The fraction of sp³-hybridized carbons (Fsp3) is 0.143. The van der Waals surface area contributed by atoms with E-state index in [-0.39, 0.29) is 0 Å². The highest BCUT2D eigenvalue weighted by Gasteiger charge is 2.16. The van der Waals surface area contributed by atoms with Crippen LogP contribution in [0.2, 0.25) is 0 Å². The third kappa shape index (κ3) is 3.29. The van der Waals surface area contributed by atoms with E-state index in [1.165, 1.54) is 0 Å². The number of rotatable bonds is 6. The molecule has 6 nitrogen and oxygen atoms in total. The minimum Gasteiger partial charge on any atom is -0.496 e. The van der Waals surface area contributed by atoms with Gasteiger partial charge in [0.15, 0.2) is 5.65 Å². The molecule has 2 aromatic carbocycles. The summed E-state index contributed by atoms with van der Waals surface area (Å²) in [4.78, 5) is 4.67. The molecule has 2 heterocycles. The molecule has 0 aliphatic heterocycles. The minimum absolute atomic E-state index is 0.602. The second-order valence-corrected chi connectivity index (χ2v) is 5.99. The molecule has 0 bridgehead atoms. The van der Waals surface area contributed by atoms with Crippen molar-refractivity contribution in [1.82, 2.24) is 14.6 Å². The first-order valence-corrected chi connectivity index (χ1v) is 8.65. The quantitative estimate of drug-likeness (QED) is 0.563. The van der Waals surface area contributed by atoms with Gasteiger partial charge in [-0.15, -0.1) is 5.10 Å². The van der Waals surface area contributed by atoms with Gasteiger partial charge in [-0.25, -0.2) is 4.98 Å². The van der Waals surface area contributed by atoms with Gasteiger partial charge in [-0.1, -0.05) is 48.5 Å². The Labute approximate surface area is 157 Å². The van der Waals surface area contributed by atoms with Gasteiger partial charge in [-0.2, -0.15) is 4.52 Å². The van der Waals surface area contributed by atoms with Gasteiger partial charge in [0.1, 0.15) is 17.3 Å². The number of para-hydroxylation sites is 1. The summed E-state index contributed by atoms with van der Waals surface area (Å²) in [5.74, 6) is 2.18.